The van der Waals surface area contributed by atoms with Crippen molar-refractivity contribution < 1.29 is 4.74 Å². The number of nitrogen functional groups attached to an aromatic ring is 1. The Bertz CT molecular complexity index is 626. The second kappa shape index (κ2) is 5.26. The monoisotopic (exact) mass is 290 g/mol. The summed E-state index contributed by atoms with van der Waals surface area (Å²) >= 11 is 5.86. The molecule has 1 aliphatic carbocycles. The summed E-state index contributed by atoms with van der Waals surface area (Å²) in [6.45, 7) is 1.87. The van der Waals surface area contributed by atoms with Gasteiger partial charge in [-0.3, -0.25) is 0 Å². The van der Waals surface area contributed by atoms with E-state index in [2.05, 4.69) is 15.4 Å². The van der Waals surface area contributed by atoms with Gasteiger partial charge < -0.3 is 10.2 Å². The predicted octanol–water partition coefficient (Wildman–Crippen LogP) is 3.39. The third-order valence-corrected chi connectivity index (χ3v) is 3.48. The van der Waals surface area contributed by atoms with E-state index in [0.717, 1.165) is 24.2 Å². The Hall–Kier alpha value is -1.85. The third kappa shape index (κ3) is 2.69. The fourth-order valence-electron chi connectivity index (χ4n) is 1.89. The summed E-state index contributed by atoms with van der Waals surface area (Å²) in [5.74, 6) is 8.53. The summed E-state index contributed by atoms with van der Waals surface area (Å²) in [6, 6.07) is 7.15. The lowest BCUT2D eigenvalue weighted by Gasteiger charge is -2.12. The molecule has 1 saturated carbocycles. The van der Waals surface area contributed by atoms with Crippen molar-refractivity contribution in [2.75, 3.05) is 5.43 Å². The number of halogens is 1. The summed E-state index contributed by atoms with van der Waals surface area (Å²) in [5, 5.41) is 0.666. The van der Waals surface area contributed by atoms with Gasteiger partial charge in [-0.2, -0.15) is 4.98 Å². The van der Waals surface area contributed by atoms with E-state index >= 15 is 0 Å². The Morgan fingerprint density at radius 3 is 2.55 bits per heavy atom. The summed E-state index contributed by atoms with van der Waals surface area (Å²) in [6.07, 6.45) is 2.24. The molecule has 20 heavy (non-hydrogen) atoms. The van der Waals surface area contributed by atoms with E-state index in [1.54, 1.807) is 24.3 Å². The highest BCUT2D eigenvalue weighted by atomic mass is 35.5. The maximum atomic E-state index is 5.86. The Morgan fingerprint density at radius 1 is 1.25 bits per heavy atom. The van der Waals surface area contributed by atoms with Crippen LogP contribution in [0.4, 0.5) is 5.82 Å². The van der Waals surface area contributed by atoms with Crippen LogP contribution in [0.25, 0.3) is 0 Å². The van der Waals surface area contributed by atoms with Gasteiger partial charge in [0.25, 0.3) is 0 Å². The molecule has 0 amide bonds. The first-order valence-corrected chi connectivity index (χ1v) is 6.83. The molecule has 1 aliphatic rings. The molecule has 1 fully saturated rings. The first-order chi connectivity index (χ1) is 9.67. The van der Waals surface area contributed by atoms with Crippen LogP contribution in [0.15, 0.2) is 24.3 Å². The molecule has 0 saturated heterocycles. The number of aromatic nitrogens is 2. The van der Waals surface area contributed by atoms with E-state index in [9.17, 15) is 0 Å². The molecule has 0 unspecified atom stereocenters. The summed E-state index contributed by atoms with van der Waals surface area (Å²) in [7, 11) is 0. The van der Waals surface area contributed by atoms with E-state index in [-0.39, 0.29) is 0 Å². The third-order valence-electron chi connectivity index (χ3n) is 3.23. The number of rotatable bonds is 4. The number of nitrogens with one attached hydrogen (secondary N) is 1. The average molecular weight is 291 g/mol. The van der Waals surface area contributed by atoms with Gasteiger partial charge in [0, 0.05) is 10.9 Å². The molecule has 6 heteroatoms. The number of benzene rings is 1. The first kappa shape index (κ1) is 13.1. The van der Waals surface area contributed by atoms with Crippen molar-refractivity contribution in [3.05, 3.63) is 40.7 Å². The van der Waals surface area contributed by atoms with Crippen LogP contribution in [-0.4, -0.2) is 9.97 Å². The summed E-state index contributed by atoms with van der Waals surface area (Å²) < 4.78 is 5.82. The average Bonchev–Trinajstić information content (AvgIpc) is 3.28. The topological polar surface area (TPSA) is 73.1 Å². The second-order valence-corrected chi connectivity index (χ2v) is 5.27. The highest BCUT2D eigenvalue weighted by Crippen LogP contribution is 2.40. The Kier molecular flexibility index (Phi) is 3.46. The molecule has 1 aromatic carbocycles. The van der Waals surface area contributed by atoms with E-state index in [4.69, 9.17) is 22.2 Å². The molecular weight excluding hydrogens is 276 g/mol. The fraction of sp³-hybridized carbons (Fsp3) is 0.286. The van der Waals surface area contributed by atoms with Crippen molar-refractivity contribution in [1.82, 2.24) is 9.97 Å². The number of nitrogens with two attached hydrogens (primary N) is 1. The van der Waals surface area contributed by atoms with Crippen LogP contribution in [0.3, 0.4) is 0 Å². The number of nitrogens with zero attached hydrogens (tertiary/aromatic N) is 2. The zero-order valence-electron chi connectivity index (χ0n) is 11.1. The van der Waals surface area contributed by atoms with Crippen LogP contribution < -0.4 is 16.0 Å². The molecule has 1 aromatic heterocycles. The van der Waals surface area contributed by atoms with Crippen LogP contribution in [0.1, 0.15) is 30.1 Å². The Balaban J connectivity index is 1.94. The number of anilines is 1. The molecular formula is C14H15ClN4O. The zero-order chi connectivity index (χ0) is 14.1. The number of hydrogen-bond acceptors (Lipinski definition) is 5. The van der Waals surface area contributed by atoms with Crippen molar-refractivity contribution in [1.29, 1.82) is 0 Å². The van der Waals surface area contributed by atoms with Crippen LogP contribution >= 0.6 is 11.6 Å². The minimum Gasteiger partial charge on any atom is -0.439 e. The standard InChI is InChI=1S/C14H15ClN4O/c1-8-12(19-16)17-13(9-2-3-9)18-14(8)20-11-6-4-10(15)5-7-11/h4-7,9H,2-3,16H2,1H3,(H,17,18,19). The van der Waals surface area contributed by atoms with E-state index in [0.29, 0.717) is 28.4 Å². The molecule has 0 aliphatic heterocycles. The van der Waals surface area contributed by atoms with Crippen molar-refractivity contribution in [2.24, 2.45) is 5.84 Å². The molecule has 0 spiro atoms. The van der Waals surface area contributed by atoms with Crippen LogP contribution in [0.2, 0.25) is 5.02 Å². The molecule has 104 valence electrons. The van der Waals surface area contributed by atoms with Gasteiger partial charge in [0.15, 0.2) is 5.82 Å². The lowest BCUT2D eigenvalue weighted by atomic mass is 10.3. The second-order valence-electron chi connectivity index (χ2n) is 4.84. The number of ether oxygens (including phenoxy) is 1. The molecule has 0 atom stereocenters. The Labute approximate surface area is 122 Å². The molecule has 1 heterocycles. The van der Waals surface area contributed by atoms with Gasteiger partial charge in [-0.25, -0.2) is 10.8 Å². The lowest BCUT2D eigenvalue weighted by Crippen LogP contribution is -2.13. The zero-order valence-corrected chi connectivity index (χ0v) is 11.8. The van der Waals surface area contributed by atoms with Crippen molar-refractivity contribution in [3.63, 3.8) is 0 Å². The Morgan fingerprint density at radius 2 is 1.95 bits per heavy atom. The highest BCUT2D eigenvalue weighted by Gasteiger charge is 2.28. The van der Waals surface area contributed by atoms with E-state index in [1.165, 1.54) is 0 Å². The summed E-state index contributed by atoms with van der Waals surface area (Å²) in [5.41, 5.74) is 3.39. The largest absolute Gasteiger partial charge is 0.439 e. The van der Waals surface area contributed by atoms with E-state index < -0.39 is 0 Å². The molecule has 0 radical (unpaired) electrons. The van der Waals surface area contributed by atoms with Crippen LogP contribution in [0, 0.1) is 6.92 Å². The number of hydrazine groups is 1. The molecule has 3 rings (SSSR count). The predicted molar refractivity (Wildman–Crippen MR) is 78.1 cm³/mol. The lowest BCUT2D eigenvalue weighted by molar-refractivity contribution is 0.455. The maximum Gasteiger partial charge on any atom is 0.227 e. The quantitative estimate of drug-likeness (QED) is 0.667. The molecule has 3 N–H and O–H groups in total. The normalized spacial score (nSPS) is 14.2. The minimum absolute atomic E-state index is 0.426. The first-order valence-electron chi connectivity index (χ1n) is 6.46. The molecule has 5 nitrogen and oxygen atoms in total. The van der Waals surface area contributed by atoms with Gasteiger partial charge in [0.2, 0.25) is 5.88 Å². The van der Waals surface area contributed by atoms with Gasteiger partial charge in [-0.05, 0) is 44.0 Å². The molecule has 2 aromatic rings. The van der Waals surface area contributed by atoms with Crippen molar-refractivity contribution in [2.45, 2.75) is 25.7 Å². The van der Waals surface area contributed by atoms with Gasteiger partial charge >= 0.3 is 0 Å². The maximum absolute atomic E-state index is 5.86. The van der Waals surface area contributed by atoms with Crippen molar-refractivity contribution >= 4 is 17.4 Å². The summed E-state index contributed by atoms with van der Waals surface area (Å²) in [4.78, 5) is 8.92. The van der Waals surface area contributed by atoms with Gasteiger partial charge in [-0.15, -0.1) is 0 Å². The van der Waals surface area contributed by atoms with Gasteiger partial charge in [0.05, 0.1) is 5.56 Å². The molecule has 0 bridgehead atoms. The van der Waals surface area contributed by atoms with Crippen molar-refractivity contribution in [3.8, 4) is 11.6 Å². The van der Waals surface area contributed by atoms with Crippen LogP contribution in [0.5, 0.6) is 11.6 Å². The fourth-order valence-corrected chi connectivity index (χ4v) is 2.02. The number of hydrogen-bond donors (Lipinski definition) is 2. The van der Waals surface area contributed by atoms with Crippen LogP contribution in [-0.2, 0) is 0 Å². The van der Waals surface area contributed by atoms with E-state index in [1.807, 2.05) is 6.92 Å². The minimum atomic E-state index is 0.426. The van der Waals surface area contributed by atoms with Gasteiger partial charge in [-0.1, -0.05) is 11.6 Å². The van der Waals surface area contributed by atoms with Gasteiger partial charge in [0.1, 0.15) is 11.6 Å². The SMILES string of the molecule is Cc1c(NN)nc(C2CC2)nc1Oc1ccc(Cl)cc1. The smallest absolute Gasteiger partial charge is 0.227 e. The highest BCUT2D eigenvalue weighted by molar-refractivity contribution is 6.30.